The Morgan fingerprint density at radius 2 is 1.82 bits per heavy atom. The molecule has 140 valence electrons. The SMILES string of the molecule is Cc1cccc(C(=O)c2c(C)c(C#N)c(=O)n(CCc3ccccc3)c2O)c1. The molecule has 0 amide bonds. The van der Waals surface area contributed by atoms with Gasteiger partial charge in [-0.25, -0.2) is 0 Å². The van der Waals surface area contributed by atoms with Crippen molar-refractivity contribution in [3.63, 3.8) is 0 Å². The molecule has 5 nitrogen and oxygen atoms in total. The monoisotopic (exact) mass is 372 g/mol. The number of hydrogen-bond acceptors (Lipinski definition) is 4. The van der Waals surface area contributed by atoms with E-state index in [4.69, 9.17) is 0 Å². The summed E-state index contributed by atoms with van der Waals surface area (Å²) in [4.78, 5) is 25.8. The summed E-state index contributed by atoms with van der Waals surface area (Å²) in [7, 11) is 0. The van der Waals surface area contributed by atoms with E-state index in [1.54, 1.807) is 18.2 Å². The van der Waals surface area contributed by atoms with Gasteiger partial charge in [0.25, 0.3) is 5.56 Å². The number of hydrogen-bond donors (Lipinski definition) is 1. The first-order valence-electron chi connectivity index (χ1n) is 8.95. The maximum Gasteiger partial charge on any atom is 0.271 e. The molecule has 1 aromatic heterocycles. The molecule has 0 atom stereocenters. The number of nitriles is 1. The quantitative estimate of drug-likeness (QED) is 0.695. The van der Waals surface area contributed by atoms with E-state index in [0.717, 1.165) is 15.7 Å². The van der Waals surface area contributed by atoms with Gasteiger partial charge in [0.15, 0.2) is 5.78 Å². The molecule has 28 heavy (non-hydrogen) atoms. The second kappa shape index (κ2) is 7.93. The Hall–Kier alpha value is -3.65. The summed E-state index contributed by atoms with van der Waals surface area (Å²) in [6.07, 6.45) is 0.486. The number of pyridine rings is 1. The van der Waals surface area contributed by atoms with E-state index < -0.39 is 17.2 Å². The van der Waals surface area contributed by atoms with E-state index in [2.05, 4.69) is 0 Å². The predicted octanol–water partition coefficient (Wildman–Crippen LogP) is 3.52. The van der Waals surface area contributed by atoms with Gasteiger partial charge in [-0.3, -0.25) is 14.2 Å². The lowest BCUT2D eigenvalue weighted by atomic mass is 9.96. The number of ketones is 1. The first-order valence-corrected chi connectivity index (χ1v) is 8.95. The van der Waals surface area contributed by atoms with Crippen molar-refractivity contribution in [2.75, 3.05) is 0 Å². The second-order valence-electron chi connectivity index (χ2n) is 6.70. The molecule has 0 bridgehead atoms. The molecule has 1 N–H and O–H groups in total. The molecule has 0 fully saturated rings. The summed E-state index contributed by atoms with van der Waals surface area (Å²) < 4.78 is 1.11. The maximum atomic E-state index is 13.1. The van der Waals surface area contributed by atoms with Crippen LogP contribution in [-0.2, 0) is 13.0 Å². The Labute approximate surface area is 163 Å². The van der Waals surface area contributed by atoms with Crippen molar-refractivity contribution < 1.29 is 9.90 Å². The highest BCUT2D eigenvalue weighted by Gasteiger charge is 2.24. The third-order valence-corrected chi connectivity index (χ3v) is 4.77. The van der Waals surface area contributed by atoms with E-state index in [1.807, 2.05) is 49.4 Å². The lowest BCUT2D eigenvalue weighted by Crippen LogP contribution is -2.27. The van der Waals surface area contributed by atoms with Crippen molar-refractivity contribution in [2.45, 2.75) is 26.8 Å². The van der Waals surface area contributed by atoms with Crippen LogP contribution in [0.15, 0.2) is 59.4 Å². The number of carbonyl (C=O) groups is 1. The lowest BCUT2D eigenvalue weighted by Gasteiger charge is -2.16. The fourth-order valence-electron chi connectivity index (χ4n) is 3.25. The van der Waals surface area contributed by atoms with Crippen LogP contribution in [-0.4, -0.2) is 15.5 Å². The van der Waals surface area contributed by atoms with Crippen molar-refractivity contribution in [3.8, 4) is 11.9 Å². The van der Waals surface area contributed by atoms with Gasteiger partial charge in [-0.2, -0.15) is 5.26 Å². The van der Waals surface area contributed by atoms with Gasteiger partial charge in [-0.05, 0) is 37.5 Å². The van der Waals surface area contributed by atoms with Crippen molar-refractivity contribution in [2.24, 2.45) is 0 Å². The van der Waals surface area contributed by atoms with Gasteiger partial charge in [0.2, 0.25) is 5.88 Å². The van der Waals surface area contributed by atoms with Crippen LogP contribution in [0, 0.1) is 25.2 Å². The third kappa shape index (κ3) is 3.58. The highest BCUT2D eigenvalue weighted by atomic mass is 16.3. The fraction of sp³-hybridized carbons (Fsp3) is 0.174. The average Bonchev–Trinajstić information content (AvgIpc) is 2.69. The summed E-state index contributed by atoms with van der Waals surface area (Å²) in [6, 6.07) is 18.4. The smallest absolute Gasteiger partial charge is 0.271 e. The van der Waals surface area contributed by atoms with Gasteiger partial charge in [0.05, 0.1) is 5.56 Å². The van der Waals surface area contributed by atoms with E-state index in [-0.39, 0.29) is 23.2 Å². The fourth-order valence-corrected chi connectivity index (χ4v) is 3.25. The molecule has 0 saturated carbocycles. The molecular weight excluding hydrogens is 352 g/mol. The molecule has 3 rings (SSSR count). The Morgan fingerprint density at radius 1 is 1.11 bits per heavy atom. The number of aromatic hydroxyl groups is 1. The molecule has 0 aliphatic heterocycles. The zero-order valence-electron chi connectivity index (χ0n) is 15.8. The molecule has 0 aliphatic carbocycles. The van der Waals surface area contributed by atoms with Crippen molar-refractivity contribution >= 4 is 5.78 Å². The van der Waals surface area contributed by atoms with Crippen molar-refractivity contribution in [3.05, 3.63) is 98.3 Å². The van der Waals surface area contributed by atoms with E-state index in [1.165, 1.54) is 6.92 Å². The number of nitrogens with zero attached hydrogens (tertiary/aromatic N) is 2. The Bertz CT molecular complexity index is 1140. The van der Waals surface area contributed by atoms with E-state index in [0.29, 0.717) is 12.0 Å². The summed E-state index contributed by atoms with van der Waals surface area (Å²) in [5.74, 6) is -0.812. The zero-order chi connectivity index (χ0) is 20.3. The third-order valence-electron chi connectivity index (χ3n) is 4.77. The molecular formula is C23H20N2O3. The normalized spacial score (nSPS) is 10.5. The molecule has 2 aromatic carbocycles. The first kappa shape index (κ1) is 19.1. The minimum atomic E-state index is -0.589. The van der Waals surface area contributed by atoms with Crippen molar-refractivity contribution in [1.29, 1.82) is 5.26 Å². The zero-order valence-corrected chi connectivity index (χ0v) is 15.8. The number of benzene rings is 2. The van der Waals surface area contributed by atoms with Crippen LogP contribution in [0.4, 0.5) is 0 Å². The second-order valence-corrected chi connectivity index (χ2v) is 6.70. The lowest BCUT2D eigenvalue weighted by molar-refractivity contribution is 0.103. The number of rotatable bonds is 5. The molecule has 1 heterocycles. The van der Waals surface area contributed by atoms with Gasteiger partial charge >= 0.3 is 0 Å². The number of aromatic nitrogens is 1. The molecule has 0 spiro atoms. The van der Waals surface area contributed by atoms with Gasteiger partial charge < -0.3 is 5.11 Å². The van der Waals surface area contributed by atoms with Crippen LogP contribution in [0.3, 0.4) is 0 Å². The molecule has 5 heteroatoms. The predicted molar refractivity (Wildman–Crippen MR) is 107 cm³/mol. The van der Waals surface area contributed by atoms with Crippen LogP contribution in [0.1, 0.15) is 38.2 Å². The average molecular weight is 372 g/mol. The maximum absolute atomic E-state index is 13.1. The molecule has 0 unspecified atom stereocenters. The standard InChI is InChI=1S/C23H20N2O3/c1-15-7-6-10-18(13-15)21(26)20-16(2)19(14-24)22(27)25(23(20)28)12-11-17-8-4-3-5-9-17/h3-10,13,28H,11-12H2,1-2H3. The summed E-state index contributed by atoms with van der Waals surface area (Å²) in [5, 5.41) is 20.2. The number of carbonyl (C=O) groups excluding carboxylic acids is 1. The first-order chi connectivity index (χ1) is 13.4. The van der Waals surface area contributed by atoms with Crippen LogP contribution in [0.2, 0.25) is 0 Å². The molecule has 0 radical (unpaired) electrons. The minimum Gasteiger partial charge on any atom is -0.494 e. The van der Waals surface area contributed by atoms with Crippen LogP contribution < -0.4 is 5.56 Å². The van der Waals surface area contributed by atoms with Crippen LogP contribution in [0.5, 0.6) is 5.88 Å². The largest absolute Gasteiger partial charge is 0.494 e. The minimum absolute atomic E-state index is 0.00480. The van der Waals surface area contributed by atoms with Gasteiger partial charge in [-0.15, -0.1) is 0 Å². The summed E-state index contributed by atoms with van der Waals surface area (Å²) >= 11 is 0. The highest BCUT2D eigenvalue weighted by Crippen LogP contribution is 2.25. The van der Waals surface area contributed by atoms with E-state index >= 15 is 0 Å². The number of aryl methyl sites for hydroxylation is 2. The Balaban J connectivity index is 2.11. The molecule has 0 saturated heterocycles. The Kier molecular flexibility index (Phi) is 5.42. The van der Waals surface area contributed by atoms with Gasteiger partial charge in [0, 0.05) is 12.1 Å². The van der Waals surface area contributed by atoms with Crippen molar-refractivity contribution in [1.82, 2.24) is 4.57 Å². The summed E-state index contributed by atoms with van der Waals surface area (Å²) in [5.41, 5.74) is 1.77. The van der Waals surface area contributed by atoms with E-state index in [9.17, 15) is 20.0 Å². The topological polar surface area (TPSA) is 83.1 Å². The van der Waals surface area contributed by atoms with Crippen LogP contribution in [0.25, 0.3) is 0 Å². The van der Waals surface area contributed by atoms with Crippen LogP contribution >= 0.6 is 0 Å². The summed E-state index contributed by atoms with van der Waals surface area (Å²) in [6.45, 7) is 3.55. The molecule has 3 aromatic rings. The molecule has 0 aliphatic rings. The van der Waals surface area contributed by atoms with Gasteiger partial charge in [0.1, 0.15) is 11.6 Å². The van der Waals surface area contributed by atoms with Gasteiger partial charge in [-0.1, -0.05) is 54.1 Å². The highest BCUT2D eigenvalue weighted by molar-refractivity contribution is 6.11. The Morgan fingerprint density at radius 3 is 2.46 bits per heavy atom.